The van der Waals surface area contributed by atoms with Crippen LogP contribution in [0.1, 0.15) is 28.8 Å². The van der Waals surface area contributed by atoms with E-state index in [1.165, 1.54) is 12.8 Å². The van der Waals surface area contributed by atoms with Crippen molar-refractivity contribution in [2.45, 2.75) is 19.4 Å². The maximum Gasteiger partial charge on any atom is 0.150 e. The van der Waals surface area contributed by atoms with Gasteiger partial charge in [-0.2, -0.15) is 0 Å². The van der Waals surface area contributed by atoms with E-state index in [0.717, 1.165) is 58.5 Å². The Morgan fingerprint density at radius 3 is 2.48 bits per heavy atom. The second-order valence-electron chi connectivity index (χ2n) is 7.88. The summed E-state index contributed by atoms with van der Waals surface area (Å²) in [4.78, 5) is 19.2. The quantitative estimate of drug-likeness (QED) is 0.373. The first-order valence-electron chi connectivity index (χ1n) is 10.7. The summed E-state index contributed by atoms with van der Waals surface area (Å²) in [6.07, 6.45) is 3.36. The lowest BCUT2D eigenvalue weighted by molar-refractivity contribution is 0.112. The highest BCUT2D eigenvalue weighted by atomic mass is 16.5. The summed E-state index contributed by atoms with van der Waals surface area (Å²) in [6.45, 7) is 2.62. The number of anilines is 1. The third kappa shape index (κ3) is 4.02. The Hall–Kier alpha value is -3.66. The minimum Gasteiger partial charge on any atom is -0.488 e. The van der Waals surface area contributed by atoms with E-state index >= 15 is 0 Å². The zero-order valence-corrected chi connectivity index (χ0v) is 17.3. The van der Waals surface area contributed by atoms with Crippen LogP contribution in [-0.2, 0) is 6.61 Å². The van der Waals surface area contributed by atoms with Crippen LogP contribution in [0.4, 0.5) is 5.69 Å². The van der Waals surface area contributed by atoms with Gasteiger partial charge in [0, 0.05) is 35.3 Å². The SMILES string of the molecule is O=Cc1cc(-c2ccccc2OCc2ccccc2)nc2ccc(N3CCCC3)cc12. The minimum atomic E-state index is 0.477. The van der Waals surface area contributed by atoms with Crippen molar-refractivity contribution in [1.82, 2.24) is 4.98 Å². The molecule has 0 N–H and O–H groups in total. The summed E-state index contributed by atoms with van der Waals surface area (Å²) in [5.74, 6) is 0.753. The standard InChI is InChI=1S/C27H24N2O2/c30-18-21-16-26(28-25-13-12-22(17-24(21)25)29-14-6-7-15-29)23-10-4-5-11-27(23)31-19-20-8-2-1-3-9-20/h1-5,8-13,16-18H,6-7,14-15,19H2. The lowest BCUT2D eigenvalue weighted by Gasteiger charge is -2.18. The first kappa shape index (κ1) is 19.3. The number of carbonyl (C=O) groups is 1. The van der Waals surface area contributed by atoms with Crippen molar-refractivity contribution < 1.29 is 9.53 Å². The average Bonchev–Trinajstić information content (AvgIpc) is 3.37. The van der Waals surface area contributed by atoms with Crippen LogP contribution in [0.25, 0.3) is 22.2 Å². The zero-order valence-electron chi connectivity index (χ0n) is 17.3. The van der Waals surface area contributed by atoms with Gasteiger partial charge in [0.1, 0.15) is 12.4 Å². The lowest BCUT2D eigenvalue weighted by atomic mass is 10.0. The predicted octanol–water partition coefficient (Wildman–Crippen LogP) is 5.89. The van der Waals surface area contributed by atoms with E-state index in [9.17, 15) is 4.79 Å². The Balaban J connectivity index is 1.51. The second kappa shape index (κ2) is 8.60. The topological polar surface area (TPSA) is 42.4 Å². The maximum absolute atomic E-state index is 12.0. The number of nitrogens with zero attached hydrogens (tertiary/aromatic N) is 2. The van der Waals surface area contributed by atoms with Gasteiger partial charge in [0.2, 0.25) is 0 Å². The van der Waals surface area contributed by atoms with Gasteiger partial charge in [-0.3, -0.25) is 4.79 Å². The van der Waals surface area contributed by atoms with E-state index < -0.39 is 0 Å². The molecule has 4 aromatic rings. The number of aromatic nitrogens is 1. The van der Waals surface area contributed by atoms with E-state index in [-0.39, 0.29) is 0 Å². The molecule has 0 amide bonds. The normalized spacial score (nSPS) is 13.5. The molecule has 1 aromatic heterocycles. The Morgan fingerprint density at radius 2 is 1.68 bits per heavy atom. The number of ether oxygens (including phenoxy) is 1. The average molecular weight is 409 g/mol. The summed E-state index contributed by atoms with van der Waals surface area (Å²) in [7, 11) is 0. The van der Waals surface area contributed by atoms with Gasteiger partial charge < -0.3 is 9.64 Å². The fourth-order valence-electron chi connectivity index (χ4n) is 4.19. The second-order valence-corrected chi connectivity index (χ2v) is 7.88. The Morgan fingerprint density at radius 1 is 0.903 bits per heavy atom. The van der Waals surface area contributed by atoms with E-state index in [4.69, 9.17) is 9.72 Å². The summed E-state index contributed by atoms with van der Waals surface area (Å²) < 4.78 is 6.11. The van der Waals surface area contributed by atoms with Crippen molar-refractivity contribution in [2.24, 2.45) is 0 Å². The molecule has 2 heterocycles. The van der Waals surface area contributed by atoms with Crippen molar-refractivity contribution >= 4 is 22.9 Å². The van der Waals surface area contributed by atoms with Gasteiger partial charge in [0.15, 0.2) is 6.29 Å². The van der Waals surface area contributed by atoms with Crippen LogP contribution in [0.5, 0.6) is 5.75 Å². The van der Waals surface area contributed by atoms with Gasteiger partial charge in [-0.25, -0.2) is 4.98 Å². The van der Waals surface area contributed by atoms with Gasteiger partial charge in [-0.1, -0.05) is 42.5 Å². The Bertz CT molecular complexity index is 1210. The molecule has 5 rings (SSSR count). The van der Waals surface area contributed by atoms with Crippen molar-refractivity contribution in [3.63, 3.8) is 0 Å². The molecular formula is C27H24N2O2. The van der Waals surface area contributed by atoms with Gasteiger partial charge in [0.05, 0.1) is 11.2 Å². The lowest BCUT2D eigenvalue weighted by Crippen LogP contribution is -2.17. The molecule has 0 bridgehead atoms. The maximum atomic E-state index is 12.0. The van der Waals surface area contributed by atoms with Gasteiger partial charge in [0.25, 0.3) is 0 Å². The molecule has 4 heteroatoms. The molecule has 0 saturated carbocycles. The smallest absolute Gasteiger partial charge is 0.150 e. The van der Waals surface area contributed by atoms with Crippen molar-refractivity contribution in [3.05, 3.63) is 90.0 Å². The molecule has 0 unspecified atom stereocenters. The molecule has 0 radical (unpaired) electrons. The predicted molar refractivity (Wildman–Crippen MR) is 125 cm³/mol. The van der Waals surface area contributed by atoms with E-state index in [1.807, 2.05) is 66.7 Å². The fourth-order valence-corrected chi connectivity index (χ4v) is 4.19. The van der Waals surface area contributed by atoms with E-state index in [2.05, 4.69) is 17.0 Å². The molecule has 154 valence electrons. The summed E-state index contributed by atoms with van der Waals surface area (Å²) in [5.41, 5.74) is 5.36. The van der Waals surface area contributed by atoms with Crippen molar-refractivity contribution in [3.8, 4) is 17.0 Å². The molecule has 31 heavy (non-hydrogen) atoms. The molecule has 0 aliphatic carbocycles. The number of carbonyl (C=O) groups excluding carboxylic acids is 1. The number of pyridine rings is 1. The number of para-hydroxylation sites is 1. The number of hydrogen-bond acceptors (Lipinski definition) is 4. The molecule has 0 spiro atoms. The molecular weight excluding hydrogens is 384 g/mol. The molecule has 1 aliphatic rings. The first-order valence-corrected chi connectivity index (χ1v) is 10.7. The first-order chi connectivity index (χ1) is 15.3. The molecule has 1 saturated heterocycles. The number of fused-ring (bicyclic) bond motifs is 1. The van der Waals surface area contributed by atoms with Crippen LogP contribution in [0.15, 0.2) is 78.9 Å². The van der Waals surface area contributed by atoms with Crippen LogP contribution in [0.2, 0.25) is 0 Å². The molecule has 4 nitrogen and oxygen atoms in total. The van der Waals surface area contributed by atoms with E-state index in [0.29, 0.717) is 12.2 Å². The Labute approximate surface area is 182 Å². The van der Waals surface area contributed by atoms with Crippen LogP contribution in [0, 0.1) is 0 Å². The molecule has 0 atom stereocenters. The van der Waals surface area contributed by atoms with Gasteiger partial charge in [-0.15, -0.1) is 0 Å². The number of rotatable bonds is 6. The Kier molecular flexibility index (Phi) is 5.36. The number of aldehydes is 1. The van der Waals surface area contributed by atoms with Crippen LogP contribution < -0.4 is 9.64 Å². The third-order valence-corrected chi connectivity index (χ3v) is 5.82. The van der Waals surface area contributed by atoms with Crippen molar-refractivity contribution in [2.75, 3.05) is 18.0 Å². The number of benzene rings is 3. The van der Waals surface area contributed by atoms with Crippen LogP contribution >= 0.6 is 0 Å². The summed E-state index contributed by atoms with van der Waals surface area (Å²) >= 11 is 0. The highest BCUT2D eigenvalue weighted by molar-refractivity contribution is 5.99. The van der Waals surface area contributed by atoms with E-state index in [1.54, 1.807) is 0 Å². The fraction of sp³-hybridized carbons (Fsp3) is 0.185. The molecule has 1 fully saturated rings. The van der Waals surface area contributed by atoms with Crippen LogP contribution in [0.3, 0.4) is 0 Å². The minimum absolute atomic E-state index is 0.477. The van der Waals surface area contributed by atoms with Crippen LogP contribution in [-0.4, -0.2) is 24.4 Å². The molecule has 1 aliphatic heterocycles. The van der Waals surface area contributed by atoms with Crippen molar-refractivity contribution in [1.29, 1.82) is 0 Å². The molecule has 3 aromatic carbocycles. The highest BCUT2D eigenvalue weighted by Crippen LogP contribution is 2.33. The summed E-state index contributed by atoms with van der Waals surface area (Å²) in [6, 6.07) is 26.0. The van der Waals surface area contributed by atoms with Gasteiger partial charge in [-0.05, 0) is 54.8 Å². The summed E-state index contributed by atoms with van der Waals surface area (Å²) in [5, 5.41) is 0.894. The monoisotopic (exact) mass is 408 g/mol. The van der Waals surface area contributed by atoms with Gasteiger partial charge >= 0.3 is 0 Å². The number of hydrogen-bond donors (Lipinski definition) is 0. The third-order valence-electron chi connectivity index (χ3n) is 5.82. The largest absolute Gasteiger partial charge is 0.488 e. The zero-order chi connectivity index (χ0) is 21.0. The highest BCUT2D eigenvalue weighted by Gasteiger charge is 2.16.